The number of nitrogens with two attached hydrogens (primary N) is 1. The average molecular weight is 339 g/mol. The third kappa shape index (κ3) is 5.19. The average Bonchev–Trinajstić information content (AvgIpc) is 2.20. The monoisotopic (exact) mass is 338 g/mol. The molecule has 0 spiro atoms. The minimum absolute atomic E-state index is 0.0445. The van der Waals surface area contributed by atoms with Crippen LogP contribution in [0, 0.1) is 5.92 Å². The number of rotatable bonds is 5. The van der Waals surface area contributed by atoms with Gasteiger partial charge < -0.3 is 11.1 Å². The van der Waals surface area contributed by atoms with E-state index in [9.17, 15) is 13.2 Å². The fourth-order valence-corrected chi connectivity index (χ4v) is 3.83. The molecule has 0 heterocycles. The van der Waals surface area contributed by atoms with Gasteiger partial charge >= 0.3 is 0 Å². The van der Waals surface area contributed by atoms with Crippen molar-refractivity contribution >= 4 is 50.3 Å². The number of hydrogen-bond acceptors (Lipinski definition) is 4. The molecule has 0 aliphatic rings. The van der Waals surface area contributed by atoms with E-state index < -0.39 is 21.5 Å². The molecule has 0 bridgehead atoms. The van der Waals surface area contributed by atoms with E-state index in [1.54, 1.807) is 13.8 Å². The molecule has 0 fully saturated rings. The van der Waals surface area contributed by atoms with Crippen molar-refractivity contribution in [3.8, 4) is 0 Å². The van der Waals surface area contributed by atoms with Crippen LogP contribution in [-0.2, 0) is 14.6 Å². The third-order valence-electron chi connectivity index (χ3n) is 2.29. The topological polar surface area (TPSA) is 89.3 Å². The number of nitrogens with one attached hydrogen (secondary N) is 1. The van der Waals surface area contributed by atoms with Gasteiger partial charge in [0.25, 0.3) is 0 Å². The number of benzene rings is 1. The Morgan fingerprint density at radius 2 is 1.95 bits per heavy atom. The van der Waals surface area contributed by atoms with Crippen molar-refractivity contribution in [3.63, 3.8) is 0 Å². The van der Waals surface area contributed by atoms with Crippen LogP contribution in [0.3, 0.4) is 0 Å². The highest BCUT2D eigenvalue weighted by molar-refractivity contribution is 7.92. The first-order chi connectivity index (χ1) is 9.10. The fraction of sp³-hybridized carbons (Fsp3) is 0.417. The Balaban J connectivity index is 2.83. The van der Waals surface area contributed by atoms with Crippen molar-refractivity contribution < 1.29 is 13.2 Å². The van der Waals surface area contributed by atoms with Crippen molar-refractivity contribution in [2.75, 3.05) is 22.6 Å². The zero-order valence-electron chi connectivity index (χ0n) is 11.1. The Morgan fingerprint density at radius 3 is 2.45 bits per heavy atom. The second kappa shape index (κ2) is 6.65. The summed E-state index contributed by atoms with van der Waals surface area (Å²) < 4.78 is 23.4. The van der Waals surface area contributed by atoms with Crippen molar-refractivity contribution in [2.45, 2.75) is 13.8 Å². The van der Waals surface area contributed by atoms with Crippen LogP contribution < -0.4 is 11.1 Å². The Hall–Kier alpha value is -0.980. The van der Waals surface area contributed by atoms with Crippen LogP contribution in [0.15, 0.2) is 12.1 Å². The summed E-state index contributed by atoms with van der Waals surface area (Å²) in [5.41, 5.74) is 6.03. The van der Waals surface area contributed by atoms with Gasteiger partial charge in [0.2, 0.25) is 5.91 Å². The lowest BCUT2D eigenvalue weighted by molar-refractivity contribution is -0.113. The molecule has 0 saturated carbocycles. The summed E-state index contributed by atoms with van der Waals surface area (Å²) in [6.45, 7) is 3.53. The summed E-state index contributed by atoms with van der Waals surface area (Å²) >= 11 is 11.7. The van der Waals surface area contributed by atoms with Gasteiger partial charge in [0.1, 0.15) is 5.75 Å². The predicted molar refractivity (Wildman–Crippen MR) is 83.0 cm³/mol. The summed E-state index contributed by atoms with van der Waals surface area (Å²) in [6, 6.07) is 2.84. The van der Waals surface area contributed by atoms with Crippen molar-refractivity contribution in [1.29, 1.82) is 0 Å². The molecule has 0 unspecified atom stereocenters. The maximum atomic E-state index is 11.8. The van der Waals surface area contributed by atoms with E-state index in [0.717, 1.165) is 0 Å². The first-order valence-electron chi connectivity index (χ1n) is 5.85. The summed E-state index contributed by atoms with van der Waals surface area (Å²) in [7, 11) is -3.46. The van der Waals surface area contributed by atoms with E-state index in [1.807, 2.05) is 0 Å². The van der Waals surface area contributed by atoms with E-state index >= 15 is 0 Å². The fourth-order valence-electron chi connectivity index (χ4n) is 1.67. The standard InChI is InChI=1S/C12H16Cl2N2O3S/c1-7(2)5-20(18,19)6-11(17)16-12-9(14)3-8(13)4-10(12)15/h3-4,7H,5-6,15H2,1-2H3,(H,16,17). The molecular weight excluding hydrogens is 323 g/mol. The lowest BCUT2D eigenvalue weighted by atomic mass is 10.2. The molecule has 1 aromatic carbocycles. The molecular formula is C12H16Cl2N2O3S. The maximum absolute atomic E-state index is 11.8. The lowest BCUT2D eigenvalue weighted by Crippen LogP contribution is -2.26. The number of sulfone groups is 1. The molecule has 0 aliphatic heterocycles. The Kier molecular flexibility index (Phi) is 5.68. The summed E-state index contributed by atoms with van der Waals surface area (Å²) in [6.07, 6.45) is 0. The minimum atomic E-state index is -3.46. The molecule has 20 heavy (non-hydrogen) atoms. The Labute approximate surface area is 128 Å². The van der Waals surface area contributed by atoms with Crippen LogP contribution in [0.25, 0.3) is 0 Å². The van der Waals surface area contributed by atoms with Gasteiger partial charge in [0.05, 0.1) is 22.2 Å². The highest BCUT2D eigenvalue weighted by atomic mass is 35.5. The number of carbonyl (C=O) groups excluding carboxylic acids is 1. The number of hydrogen-bond donors (Lipinski definition) is 2. The van der Waals surface area contributed by atoms with Crippen molar-refractivity contribution in [2.24, 2.45) is 5.92 Å². The molecule has 0 aromatic heterocycles. The van der Waals surface area contributed by atoms with Gasteiger partial charge in [-0.15, -0.1) is 0 Å². The smallest absolute Gasteiger partial charge is 0.239 e. The number of anilines is 2. The summed E-state index contributed by atoms with van der Waals surface area (Å²) in [5, 5.41) is 2.89. The van der Waals surface area contributed by atoms with Crippen LogP contribution in [-0.4, -0.2) is 25.8 Å². The van der Waals surface area contributed by atoms with Gasteiger partial charge in [-0.25, -0.2) is 8.42 Å². The summed E-state index contributed by atoms with van der Waals surface area (Å²) in [5.74, 6) is -1.38. The molecule has 0 radical (unpaired) electrons. The number of carbonyl (C=O) groups is 1. The SMILES string of the molecule is CC(C)CS(=O)(=O)CC(=O)Nc1c(N)cc(Cl)cc1Cl. The zero-order chi connectivity index (χ0) is 15.5. The van der Waals surface area contributed by atoms with Gasteiger partial charge in [-0.3, -0.25) is 4.79 Å². The van der Waals surface area contributed by atoms with Gasteiger partial charge in [0, 0.05) is 5.02 Å². The number of halogens is 2. The maximum Gasteiger partial charge on any atom is 0.239 e. The Morgan fingerprint density at radius 1 is 1.35 bits per heavy atom. The molecule has 1 aromatic rings. The highest BCUT2D eigenvalue weighted by Crippen LogP contribution is 2.31. The molecule has 1 amide bonds. The number of nitrogen functional groups attached to an aromatic ring is 1. The van der Waals surface area contributed by atoms with Crippen LogP contribution in [0.1, 0.15) is 13.8 Å². The number of amides is 1. The first kappa shape index (κ1) is 17.1. The van der Waals surface area contributed by atoms with E-state index in [4.69, 9.17) is 28.9 Å². The minimum Gasteiger partial charge on any atom is -0.397 e. The largest absolute Gasteiger partial charge is 0.397 e. The Bertz CT molecular complexity index is 592. The van der Waals surface area contributed by atoms with Crippen LogP contribution in [0.5, 0.6) is 0 Å². The molecule has 0 aliphatic carbocycles. The molecule has 3 N–H and O–H groups in total. The van der Waals surface area contributed by atoms with Crippen LogP contribution in [0.4, 0.5) is 11.4 Å². The zero-order valence-corrected chi connectivity index (χ0v) is 13.4. The molecule has 5 nitrogen and oxygen atoms in total. The normalized spacial score (nSPS) is 11.7. The summed E-state index contributed by atoms with van der Waals surface area (Å²) in [4.78, 5) is 11.8. The van der Waals surface area contributed by atoms with E-state index in [1.165, 1.54) is 12.1 Å². The molecule has 8 heteroatoms. The first-order valence-corrected chi connectivity index (χ1v) is 8.43. The van der Waals surface area contributed by atoms with Crippen molar-refractivity contribution in [3.05, 3.63) is 22.2 Å². The van der Waals surface area contributed by atoms with Gasteiger partial charge in [-0.05, 0) is 18.1 Å². The molecule has 112 valence electrons. The van der Waals surface area contributed by atoms with Gasteiger partial charge in [0.15, 0.2) is 9.84 Å². The lowest BCUT2D eigenvalue weighted by Gasteiger charge is -2.11. The quantitative estimate of drug-likeness (QED) is 0.807. The second-order valence-electron chi connectivity index (χ2n) is 4.85. The van der Waals surface area contributed by atoms with Crippen molar-refractivity contribution in [1.82, 2.24) is 0 Å². The van der Waals surface area contributed by atoms with E-state index in [0.29, 0.717) is 5.02 Å². The van der Waals surface area contributed by atoms with Crippen LogP contribution in [0.2, 0.25) is 10.0 Å². The molecule has 0 saturated heterocycles. The predicted octanol–water partition coefficient (Wildman–Crippen LogP) is 2.58. The molecule has 1 rings (SSSR count). The van der Waals surface area contributed by atoms with Crippen LogP contribution >= 0.6 is 23.2 Å². The second-order valence-corrected chi connectivity index (χ2v) is 7.80. The highest BCUT2D eigenvalue weighted by Gasteiger charge is 2.19. The van der Waals surface area contributed by atoms with Gasteiger partial charge in [-0.2, -0.15) is 0 Å². The van der Waals surface area contributed by atoms with Gasteiger partial charge in [-0.1, -0.05) is 37.0 Å². The third-order valence-corrected chi connectivity index (χ3v) is 4.68. The van der Waals surface area contributed by atoms with E-state index in [-0.39, 0.29) is 28.1 Å². The van der Waals surface area contributed by atoms with E-state index in [2.05, 4.69) is 5.32 Å². The molecule has 0 atom stereocenters.